The number of carbonyl (C=O) groups is 1. The summed E-state index contributed by atoms with van der Waals surface area (Å²) < 4.78 is 24.5. The number of hydrogen-bond acceptors (Lipinski definition) is 7. The summed E-state index contributed by atoms with van der Waals surface area (Å²) >= 11 is 0. The molecule has 2 aromatic heterocycles. The van der Waals surface area contributed by atoms with Gasteiger partial charge in [-0.05, 0) is 47.5 Å². The summed E-state index contributed by atoms with van der Waals surface area (Å²) in [4.78, 5) is 22.8. The Morgan fingerprint density at radius 2 is 1.97 bits per heavy atom. The standard InChI is InChI=1S/C25H25FN4O4/c1-30-18(9-16-10-20(33-2)25(32)21(11-16)34-3)17-6-7-22(26)29-24(17)19(30)12-23(31)28-14-15-5-4-8-27-13-15/h4-11,13,19,32H,12,14H2,1-3H3,(H,28,31). The molecule has 2 N–H and O–H groups in total. The summed E-state index contributed by atoms with van der Waals surface area (Å²) in [6.45, 7) is 0.350. The van der Waals surface area contributed by atoms with Gasteiger partial charge in [0.15, 0.2) is 11.5 Å². The maximum absolute atomic E-state index is 14.0. The summed E-state index contributed by atoms with van der Waals surface area (Å²) in [5.74, 6) is -0.375. The first-order valence-electron chi connectivity index (χ1n) is 10.6. The van der Waals surface area contributed by atoms with Gasteiger partial charge in [0.25, 0.3) is 0 Å². The topological polar surface area (TPSA) is 96.8 Å². The molecule has 0 bridgehead atoms. The number of ether oxygens (including phenoxy) is 2. The number of benzene rings is 1. The minimum atomic E-state index is -0.609. The van der Waals surface area contributed by atoms with E-state index in [2.05, 4.69) is 15.3 Å². The first-order valence-corrected chi connectivity index (χ1v) is 10.6. The third-order valence-corrected chi connectivity index (χ3v) is 5.73. The highest BCUT2D eigenvalue weighted by atomic mass is 19.1. The highest BCUT2D eigenvalue weighted by molar-refractivity contribution is 5.86. The van der Waals surface area contributed by atoms with Gasteiger partial charge in [0.1, 0.15) is 0 Å². The number of phenolic OH excluding ortho intramolecular Hbond substituents is 1. The average Bonchev–Trinajstić information content (AvgIpc) is 3.09. The molecule has 0 fully saturated rings. The first kappa shape index (κ1) is 23.0. The molecular weight excluding hydrogens is 439 g/mol. The molecule has 1 aromatic carbocycles. The fourth-order valence-corrected chi connectivity index (χ4v) is 3.98. The van der Waals surface area contributed by atoms with Gasteiger partial charge in [-0.15, -0.1) is 0 Å². The van der Waals surface area contributed by atoms with Crippen molar-refractivity contribution in [3.05, 3.63) is 77.1 Å². The largest absolute Gasteiger partial charge is 0.502 e. The predicted octanol–water partition coefficient (Wildman–Crippen LogP) is 3.53. The summed E-state index contributed by atoms with van der Waals surface area (Å²) in [5, 5.41) is 13.1. The van der Waals surface area contributed by atoms with Crippen molar-refractivity contribution >= 4 is 17.7 Å². The second kappa shape index (κ2) is 9.78. The van der Waals surface area contributed by atoms with Gasteiger partial charge < -0.3 is 24.8 Å². The van der Waals surface area contributed by atoms with E-state index in [1.165, 1.54) is 20.3 Å². The molecule has 176 valence electrons. The van der Waals surface area contributed by atoms with Gasteiger partial charge in [0.2, 0.25) is 17.6 Å². The van der Waals surface area contributed by atoms with Crippen molar-refractivity contribution < 1.29 is 23.8 Å². The van der Waals surface area contributed by atoms with E-state index < -0.39 is 12.0 Å². The molecule has 0 radical (unpaired) electrons. The molecule has 8 nitrogen and oxygen atoms in total. The normalized spacial score (nSPS) is 15.8. The van der Waals surface area contributed by atoms with Crippen LogP contribution < -0.4 is 14.8 Å². The smallest absolute Gasteiger partial charge is 0.222 e. The van der Waals surface area contributed by atoms with E-state index in [4.69, 9.17) is 9.47 Å². The molecule has 1 aliphatic rings. The predicted molar refractivity (Wildman–Crippen MR) is 124 cm³/mol. The Morgan fingerprint density at radius 1 is 1.24 bits per heavy atom. The zero-order chi connectivity index (χ0) is 24.2. The van der Waals surface area contributed by atoms with Crippen LogP contribution in [0, 0.1) is 5.95 Å². The molecule has 3 heterocycles. The lowest BCUT2D eigenvalue weighted by Gasteiger charge is -2.23. The van der Waals surface area contributed by atoms with Crippen molar-refractivity contribution in [1.29, 1.82) is 0 Å². The number of nitrogens with zero attached hydrogens (tertiary/aromatic N) is 3. The van der Waals surface area contributed by atoms with Crippen LogP contribution in [0.4, 0.5) is 4.39 Å². The minimum Gasteiger partial charge on any atom is -0.502 e. The van der Waals surface area contributed by atoms with Crippen molar-refractivity contribution in [3.8, 4) is 17.2 Å². The molecule has 1 unspecified atom stereocenters. The number of phenols is 1. The average molecular weight is 464 g/mol. The lowest BCUT2D eigenvalue weighted by Crippen LogP contribution is -2.28. The minimum absolute atomic E-state index is 0.0970. The number of rotatable bonds is 7. The summed E-state index contributed by atoms with van der Waals surface area (Å²) in [6, 6.07) is 9.52. The van der Waals surface area contributed by atoms with Crippen LogP contribution in [-0.2, 0) is 11.3 Å². The van der Waals surface area contributed by atoms with E-state index in [-0.39, 0.29) is 29.6 Å². The SMILES string of the molecule is COc1cc(C=C2c3ccc(F)nc3C(CC(=O)NCc3cccnc3)N2C)cc(OC)c1O. The molecule has 9 heteroatoms. The second-order valence-electron chi connectivity index (χ2n) is 7.84. The number of fused-ring (bicyclic) bond motifs is 1. The van der Waals surface area contributed by atoms with Gasteiger partial charge in [-0.25, -0.2) is 4.98 Å². The van der Waals surface area contributed by atoms with Gasteiger partial charge in [0.05, 0.1) is 32.4 Å². The number of amides is 1. The fourth-order valence-electron chi connectivity index (χ4n) is 3.98. The Kier molecular flexibility index (Phi) is 6.62. The molecule has 1 aliphatic heterocycles. The summed E-state index contributed by atoms with van der Waals surface area (Å²) in [5.41, 5.74) is 3.55. The number of methoxy groups -OCH3 is 2. The van der Waals surface area contributed by atoms with Gasteiger partial charge in [-0.1, -0.05) is 6.07 Å². The monoisotopic (exact) mass is 464 g/mol. The third kappa shape index (κ3) is 4.63. The Balaban J connectivity index is 1.63. The molecule has 3 aromatic rings. The van der Waals surface area contributed by atoms with Crippen LogP contribution in [-0.4, -0.2) is 47.1 Å². The van der Waals surface area contributed by atoms with E-state index in [1.54, 1.807) is 36.7 Å². The van der Waals surface area contributed by atoms with Crippen LogP contribution in [0.15, 0.2) is 48.8 Å². The zero-order valence-corrected chi connectivity index (χ0v) is 19.1. The molecular formula is C25H25FN4O4. The number of pyridine rings is 2. The van der Waals surface area contributed by atoms with E-state index in [9.17, 15) is 14.3 Å². The maximum atomic E-state index is 14.0. The zero-order valence-electron chi connectivity index (χ0n) is 19.1. The Bertz CT molecular complexity index is 1210. The number of carbonyl (C=O) groups excluding carboxylic acids is 1. The van der Waals surface area contributed by atoms with Crippen molar-refractivity contribution in [2.45, 2.75) is 19.0 Å². The molecule has 0 saturated heterocycles. The number of nitrogens with one attached hydrogen (secondary N) is 1. The Labute approximate surface area is 196 Å². The van der Waals surface area contributed by atoms with Crippen molar-refractivity contribution in [3.63, 3.8) is 0 Å². The number of aromatic nitrogens is 2. The fraction of sp³-hybridized carbons (Fsp3) is 0.240. The van der Waals surface area contributed by atoms with Crippen LogP contribution in [0.5, 0.6) is 17.2 Å². The van der Waals surface area contributed by atoms with Crippen LogP contribution in [0.3, 0.4) is 0 Å². The van der Waals surface area contributed by atoms with Crippen molar-refractivity contribution in [1.82, 2.24) is 20.2 Å². The summed E-state index contributed by atoms with van der Waals surface area (Å²) in [6.07, 6.45) is 5.31. The van der Waals surface area contributed by atoms with Crippen LogP contribution in [0.25, 0.3) is 11.8 Å². The number of aromatic hydroxyl groups is 1. The lowest BCUT2D eigenvalue weighted by atomic mass is 10.1. The molecule has 0 aliphatic carbocycles. The van der Waals surface area contributed by atoms with E-state index >= 15 is 0 Å². The lowest BCUT2D eigenvalue weighted by molar-refractivity contribution is -0.122. The maximum Gasteiger partial charge on any atom is 0.222 e. The molecule has 0 spiro atoms. The molecule has 4 rings (SSSR count). The van der Waals surface area contributed by atoms with Gasteiger partial charge in [0, 0.05) is 37.2 Å². The van der Waals surface area contributed by atoms with E-state index in [1.807, 2.05) is 24.1 Å². The van der Waals surface area contributed by atoms with Gasteiger partial charge in [-0.2, -0.15) is 4.39 Å². The van der Waals surface area contributed by atoms with Crippen molar-refractivity contribution in [2.24, 2.45) is 0 Å². The molecule has 0 saturated carbocycles. The quantitative estimate of drug-likeness (QED) is 0.517. The summed E-state index contributed by atoms with van der Waals surface area (Å²) in [7, 11) is 4.74. The highest BCUT2D eigenvalue weighted by Crippen LogP contribution is 2.43. The van der Waals surface area contributed by atoms with E-state index in [0.29, 0.717) is 17.8 Å². The number of halogens is 1. The van der Waals surface area contributed by atoms with Crippen molar-refractivity contribution in [2.75, 3.05) is 21.3 Å². The van der Waals surface area contributed by atoms with Crippen LogP contribution >= 0.6 is 0 Å². The van der Waals surface area contributed by atoms with E-state index in [0.717, 1.165) is 16.8 Å². The van der Waals surface area contributed by atoms with Gasteiger partial charge >= 0.3 is 0 Å². The third-order valence-electron chi connectivity index (χ3n) is 5.73. The Morgan fingerprint density at radius 3 is 2.62 bits per heavy atom. The van der Waals surface area contributed by atoms with Crippen LogP contribution in [0.2, 0.25) is 0 Å². The number of hydrogen-bond donors (Lipinski definition) is 2. The van der Waals surface area contributed by atoms with Crippen LogP contribution in [0.1, 0.15) is 34.8 Å². The molecule has 1 atom stereocenters. The first-order chi connectivity index (χ1) is 16.4. The molecule has 1 amide bonds. The molecule has 34 heavy (non-hydrogen) atoms. The Hall–Kier alpha value is -4.14. The second-order valence-corrected chi connectivity index (χ2v) is 7.84. The van der Waals surface area contributed by atoms with Gasteiger partial charge in [-0.3, -0.25) is 9.78 Å². The highest BCUT2D eigenvalue weighted by Gasteiger charge is 2.34.